The topological polar surface area (TPSA) is 101 Å². The van der Waals surface area contributed by atoms with E-state index in [1.54, 1.807) is 17.1 Å². The largest absolute Gasteiger partial charge is 0.345 e. The lowest BCUT2D eigenvalue weighted by atomic mass is 10.1. The Hall–Kier alpha value is -4.59. The van der Waals surface area contributed by atoms with E-state index in [1.807, 2.05) is 54.7 Å². The quantitative estimate of drug-likeness (QED) is 0.403. The molecule has 4 heterocycles. The molecule has 0 saturated heterocycles. The molecule has 0 saturated carbocycles. The molecule has 32 heavy (non-hydrogen) atoms. The predicted octanol–water partition coefficient (Wildman–Crippen LogP) is 4.06. The number of carbonyl (C=O) groups is 1. The summed E-state index contributed by atoms with van der Waals surface area (Å²) >= 11 is 0. The molecule has 8 heteroatoms. The molecule has 0 spiro atoms. The number of amides is 1. The van der Waals surface area contributed by atoms with E-state index < -0.39 is 0 Å². The fourth-order valence-electron chi connectivity index (χ4n) is 3.52. The first-order chi connectivity index (χ1) is 15.7. The van der Waals surface area contributed by atoms with Gasteiger partial charge < -0.3 is 10.3 Å². The fourth-order valence-corrected chi connectivity index (χ4v) is 3.52. The molecule has 5 rings (SSSR count). The first kappa shape index (κ1) is 19.4. The Morgan fingerprint density at radius 1 is 1.12 bits per heavy atom. The number of rotatable bonds is 6. The molecule has 0 aliphatic carbocycles. The third-order valence-electron chi connectivity index (χ3n) is 5.08. The number of nitrogens with one attached hydrogen (secondary N) is 2. The van der Waals surface area contributed by atoms with Gasteiger partial charge in [0.2, 0.25) is 5.91 Å². The van der Waals surface area contributed by atoms with Gasteiger partial charge in [-0.25, -0.2) is 19.6 Å². The minimum absolute atomic E-state index is 0.295. The zero-order valence-corrected chi connectivity index (χ0v) is 17.1. The molecule has 2 N–H and O–H groups in total. The van der Waals surface area contributed by atoms with Crippen molar-refractivity contribution in [3.8, 4) is 22.5 Å². The van der Waals surface area contributed by atoms with E-state index in [4.69, 9.17) is 5.10 Å². The van der Waals surface area contributed by atoms with Crippen molar-refractivity contribution in [3.63, 3.8) is 0 Å². The molecule has 1 aromatic carbocycles. The highest BCUT2D eigenvalue weighted by Crippen LogP contribution is 2.30. The molecule has 1 amide bonds. The van der Waals surface area contributed by atoms with Crippen LogP contribution >= 0.6 is 0 Å². The average Bonchev–Trinajstić information content (AvgIpc) is 3.44. The number of aromatic nitrogens is 6. The minimum Gasteiger partial charge on any atom is -0.345 e. The van der Waals surface area contributed by atoms with Crippen LogP contribution in [0.2, 0.25) is 0 Å². The second-order valence-electron chi connectivity index (χ2n) is 7.17. The fraction of sp³-hybridized carbons (Fsp3) is 0.0417. The lowest BCUT2D eigenvalue weighted by molar-refractivity contribution is -0.111. The number of nitrogens with zero attached hydrogens (tertiary/aromatic N) is 5. The molecule has 0 bridgehead atoms. The number of anilines is 1. The van der Waals surface area contributed by atoms with E-state index in [0.29, 0.717) is 18.1 Å². The number of hydrogen-bond donors (Lipinski definition) is 2. The summed E-state index contributed by atoms with van der Waals surface area (Å²) in [6, 6.07) is 15.6. The SMILES string of the molecule is C=CC(=O)Nc1cc(-c2cnc3[nH]cc(-c4ccncn4)c3c2)nn1Cc1ccccc1. The molecule has 0 aliphatic heterocycles. The minimum atomic E-state index is -0.295. The van der Waals surface area contributed by atoms with Crippen LogP contribution in [0.5, 0.6) is 0 Å². The Morgan fingerprint density at radius 3 is 2.78 bits per heavy atom. The van der Waals surface area contributed by atoms with Crippen LogP contribution in [0.3, 0.4) is 0 Å². The Morgan fingerprint density at radius 2 is 2.00 bits per heavy atom. The molecular weight excluding hydrogens is 402 g/mol. The summed E-state index contributed by atoms with van der Waals surface area (Å²) in [4.78, 5) is 28.0. The third-order valence-corrected chi connectivity index (χ3v) is 5.08. The number of fused-ring (bicyclic) bond motifs is 1. The first-order valence-corrected chi connectivity index (χ1v) is 10.0. The normalized spacial score (nSPS) is 10.9. The summed E-state index contributed by atoms with van der Waals surface area (Å²) in [5, 5.41) is 8.51. The van der Waals surface area contributed by atoms with Crippen molar-refractivity contribution in [2.24, 2.45) is 0 Å². The van der Waals surface area contributed by atoms with Crippen LogP contribution in [-0.2, 0) is 11.3 Å². The average molecular weight is 421 g/mol. The monoisotopic (exact) mass is 421 g/mol. The Bertz CT molecular complexity index is 1400. The van der Waals surface area contributed by atoms with Gasteiger partial charge in [-0.2, -0.15) is 5.10 Å². The zero-order valence-electron chi connectivity index (χ0n) is 17.1. The molecule has 4 aromatic heterocycles. The Labute approximate surface area is 183 Å². The maximum atomic E-state index is 12.0. The molecule has 0 atom stereocenters. The van der Waals surface area contributed by atoms with Crippen LogP contribution in [0.1, 0.15) is 5.56 Å². The standard InChI is InChI=1S/C24H19N7O/c1-2-23(32)29-22-11-21(30-31(22)14-16-6-4-3-5-7-16)17-10-18-19(13-27-24(18)26-12-17)20-8-9-25-15-28-20/h2-13,15H,1,14H2,(H,26,27)(H,29,32). The molecule has 0 unspecified atom stereocenters. The molecule has 0 fully saturated rings. The summed E-state index contributed by atoms with van der Waals surface area (Å²) in [6.07, 6.45) is 8.11. The predicted molar refractivity (Wildman–Crippen MR) is 123 cm³/mol. The van der Waals surface area contributed by atoms with E-state index in [9.17, 15) is 4.79 Å². The number of H-pyrrole nitrogens is 1. The van der Waals surface area contributed by atoms with Crippen LogP contribution in [0.15, 0.2) is 86.1 Å². The number of pyridine rings is 1. The number of carbonyl (C=O) groups excluding carboxylic acids is 1. The highest BCUT2D eigenvalue weighted by Gasteiger charge is 2.15. The van der Waals surface area contributed by atoms with E-state index in [2.05, 4.69) is 31.8 Å². The number of benzene rings is 1. The summed E-state index contributed by atoms with van der Waals surface area (Å²) in [5.41, 5.74) is 5.09. The van der Waals surface area contributed by atoms with Crippen LogP contribution in [0.25, 0.3) is 33.5 Å². The third kappa shape index (κ3) is 3.77. The molecular formula is C24H19N7O. The van der Waals surface area contributed by atoms with Crippen molar-refractivity contribution in [3.05, 3.63) is 91.7 Å². The zero-order chi connectivity index (χ0) is 21.9. The van der Waals surface area contributed by atoms with Crippen LogP contribution < -0.4 is 5.32 Å². The van der Waals surface area contributed by atoms with Crippen molar-refractivity contribution in [1.82, 2.24) is 29.7 Å². The molecule has 0 radical (unpaired) electrons. The van der Waals surface area contributed by atoms with Gasteiger partial charge in [0.05, 0.1) is 17.9 Å². The molecule has 0 aliphatic rings. The van der Waals surface area contributed by atoms with E-state index in [0.717, 1.165) is 33.4 Å². The summed E-state index contributed by atoms with van der Waals surface area (Å²) < 4.78 is 1.76. The van der Waals surface area contributed by atoms with Crippen molar-refractivity contribution in [2.45, 2.75) is 6.54 Å². The smallest absolute Gasteiger partial charge is 0.248 e. The molecule has 156 valence electrons. The van der Waals surface area contributed by atoms with E-state index >= 15 is 0 Å². The van der Waals surface area contributed by atoms with Gasteiger partial charge in [0.1, 0.15) is 17.8 Å². The van der Waals surface area contributed by atoms with Gasteiger partial charge >= 0.3 is 0 Å². The van der Waals surface area contributed by atoms with Gasteiger partial charge in [-0.15, -0.1) is 0 Å². The second kappa shape index (κ2) is 8.27. The van der Waals surface area contributed by atoms with Crippen LogP contribution in [0.4, 0.5) is 5.82 Å². The first-order valence-electron chi connectivity index (χ1n) is 10.0. The van der Waals surface area contributed by atoms with Crippen LogP contribution in [-0.4, -0.2) is 35.6 Å². The van der Waals surface area contributed by atoms with Gasteiger partial charge in [-0.05, 0) is 23.8 Å². The second-order valence-corrected chi connectivity index (χ2v) is 7.17. The number of aromatic amines is 1. The van der Waals surface area contributed by atoms with E-state index in [1.165, 1.54) is 12.4 Å². The van der Waals surface area contributed by atoms with Crippen molar-refractivity contribution >= 4 is 22.8 Å². The van der Waals surface area contributed by atoms with Gasteiger partial charge in [0.25, 0.3) is 0 Å². The molecule has 5 aromatic rings. The maximum Gasteiger partial charge on any atom is 0.248 e. The van der Waals surface area contributed by atoms with Crippen LogP contribution in [0, 0.1) is 0 Å². The summed E-state index contributed by atoms with van der Waals surface area (Å²) in [5.74, 6) is 0.287. The Kier molecular flexibility index (Phi) is 5.01. The van der Waals surface area contributed by atoms with E-state index in [-0.39, 0.29) is 5.91 Å². The lowest BCUT2D eigenvalue weighted by Crippen LogP contribution is -2.13. The van der Waals surface area contributed by atoms with Crippen molar-refractivity contribution in [1.29, 1.82) is 0 Å². The maximum absolute atomic E-state index is 12.0. The van der Waals surface area contributed by atoms with Crippen molar-refractivity contribution < 1.29 is 4.79 Å². The highest BCUT2D eigenvalue weighted by atomic mass is 16.1. The van der Waals surface area contributed by atoms with Gasteiger partial charge in [-0.3, -0.25) is 4.79 Å². The van der Waals surface area contributed by atoms with Gasteiger partial charge in [0.15, 0.2) is 0 Å². The highest BCUT2D eigenvalue weighted by molar-refractivity contribution is 5.99. The lowest BCUT2D eigenvalue weighted by Gasteiger charge is -2.07. The molecule has 8 nitrogen and oxygen atoms in total. The van der Waals surface area contributed by atoms with Crippen molar-refractivity contribution in [2.75, 3.05) is 5.32 Å². The summed E-state index contributed by atoms with van der Waals surface area (Å²) in [6.45, 7) is 4.05. The summed E-state index contributed by atoms with van der Waals surface area (Å²) in [7, 11) is 0. The Balaban J connectivity index is 1.57. The number of hydrogen-bond acceptors (Lipinski definition) is 5. The van der Waals surface area contributed by atoms with Gasteiger partial charge in [-0.1, -0.05) is 36.9 Å². The van der Waals surface area contributed by atoms with Gasteiger partial charge in [0, 0.05) is 41.2 Å².